The van der Waals surface area contributed by atoms with Crippen LogP contribution in [0.1, 0.15) is 18.4 Å². The second-order valence-electron chi connectivity index (χ2n) is 5.15. The molecule has 2 rings (SSSR count). The van der Waals surface area contributed by atoms with Gasteiger partial charge in [-0.05, 0) is 30.2 Å². The number of nitrogens with one attached hydrogen (secondary N) is 2. The summed E-state index contributed by atoms with van der Waals surface area (Å²) < 4.78 is 5.99. The zero-order valence-corrected chi connectivity index (χ0v) is 14.7. The molecule has 2 aromatic rings. The van der Waals surface area contributed by atoms with Gasteiger partial charge in [0, 0.05) is 23.1 Å². The third-order valence-corrected chi connectivity index (χ3v) is 3.66. The summed E-state index contributed by atoms with van der Waals surface area (Å²) in [5.41, 5.74) is 1.67. The van der Waals surface area contributed by atoms with Gasteiger partial charge in [0.05, 0.1) is 0 Å². The molecule has 2 aromatic carbocycles. The number of hydrogen-bond acceptors (Lipinski definition) is 3. The number of ether oxygens (including phenoxy) is 1. The average Bonchev–Trinajstić information content (AvgIpc) is 2.58. The van der Waals surface area contributed by atoms with Crippen molar-refractivity contribution in [3.8, 4) is 0 Å². The van der Waals surface area contributed by atoms with E-state index in [1.807, 2.05) is 54.6 Å². The van der Waals surface area contributed by atoms with Gasteiger partial charge in [-0.3, -0.25) is 4.79 Å². The first kappa shape index (κ1) is 18.0. The maximum atomic E-state index is 11.8. The number of benzene rings is 2. The van der Waals surface area contributed by atoms with Crippen LogP contribution >= 0.6 is 15.9 Å². The first-order valence-electron chi connectivity index (χ1n) is 7.63. The molecule has 0 heterocycles. The number of carbonyl (C=O) groups excluding carboxylic acids is 2. The maximum Gasteiger partial charge on any atom is 0.407 e. The lowest BCUT2D eigenvalue weighted by Gasteiger charge is -2.08. The van der Waals surface area contributed by atoms with Gasteiger partial charge in [0.1, 0.15) is 6.61 Å². The summed E-state index contributed by atoms with van der Waals surface area (Å²) in [7, 11) is 0. The number of hydrogen-bond donors (Lipinski definition) is 2. The SMILES string of the molecule is O=C(CCCNC(=O)OCc1ccccc1)Nc1cccc(Br)c1. The Morgan fingerprint density at radius 3 is 2.58 bits per heavy atom. The van der Waals surface area contributed by atoms with Crippen LogP contribution < -0.4 is 10.6 Å². The van der Waals surface area contributed by atoms with E-state index in [1.165, 1.54) is 0 Å². The van der Waals surface area contributed by atoms with Gasteiger partial charge < -0.3 is 15.4 Å². The Morgan fingerprint density at radius 2 is 1.83 bits per heavy atom. The Labute approximate surface area is 149 Å². The van der Waals surface area contributed by atoms with Crippen LogP contribution in [0.3, 0.4) is 0 Å². The summed E-state index contributed by atoms with van der Waals surface area (Å²) in [5.74, 6) is -0.0902. The van der Waals surface area contributed by atoms with E-state index in [4.69, 9.17) is 4.74 Å². The largest absolute Gasteiger partial charge is 0.445 e. The standard InChI is InChI=1S/C18H19BrN2O3/c19-15-8-4-9-16(12-15)21-17(22)10-5-11-20-18(23)24-13-14-6-2-1-3-7-14/h1-4,6-9,12H,5,10-11,13H2,(H,20,23)(H,21,22). The number of alkyl carbamates (subject to hydrolysis) is 1. The van der Waals surface area contributed by atoms with Crippen molar-refractivity contribution >= 4 is 33.6 Å². The normalized spacial score (nSPS) is 10.0. The van der Waals surface area contributed by atoms with Crippen LogP contribution in [0.25, 0.3) is 0 Å². The Morgan fingerprint density at radius 1 is 1.04 bits per heavy atom. The van der Waals surface area contributed by atoms with E-state index in [1.54, 1.807) is 0 Å². The molecule has 126 valence electrons. The second-order valence-corrected chi connectivity index (χ2v) is 6.07. The smallest absolute Gasteiger partial charge is 0.407 e. The number of carbonyl (C=O) groups is 2. The van der Waals surface area contributed by atoms with E-state index in [2.05, 4.69) is 26.6 Å². The summed E-state index contributed by atoms with van der Waals surface area (Å²) >= 11 is 3.35. The monoisotopic (exact) mass is 390 g/mol. The molecular weight excluding hydrogens is 372 g/mol. The molecule has 0 aromatic heterocycles. The van der Waals surface area contributed by atoms with E-state index in [-0.39, 0.29) is 12.5 Å². The molecular formula is C18H19BrN2O3. The molecule has 0 fully saturated rings. The highest BCUT2D eigenvalue weighted by molar-refractivity contribution is 9.10. The minimum Gasteiger partial charge on any atom is -0.445 e. The van der Waals surface area contributed by atoms with Crippen molar-refractivity contribution in [2.45, 2.75) is 19.4 Å². The van der Waals surface area contributed by atoms with E-state index in [9.17, 15) is 9.59 Å². The van der Waals surface area contributed by atoms with Crippen LogP contribution in [0, 0.1) is 0 Å². The summed E-state index contributed by atoms with van der Waals surface area (Å²) in [5, 5.41) is 5.44. The van der Waals surface area contributed by atoms with Gasteiger partial charge in [0.15, 0.2) is 0 Å². The van der Waals surface area contributed by atoms with Crippen molar-refractivity contribution in [2.75, 3.05) is 11.9 Å². The molecule has 0 saturated heterocycles. The lowest BCUT2D eigenvalue weighted by Crippen LogP contribution is -2.26. The molecule has 6 heteroatoms. The fourth-order valence-electron chi connectivity index (χ4n) is 2.00. The molecule has 0 saturated carbocycles. The highest BCUT2D eigenvalue weighted by Crippen LogP contribution is 2.15. The van der Waals surface area contributed by atoms with Gasteiger partial charge in [-0.25, -0.2) is 4.79 Å². The second kappa shape index (κ2) is 9.72. The lowest BCUT2D eigenvalue weighted by molar-refractivity contribution is -0.116. The molecule has 0 aliphatic rings. The molecule has 0 spiro atoms. The predicted molar refractivity (Wildman–Crippen MR) is 96.6 cm³/mol. The average molecular weight is 391 g/mol. The van der Waals surface area contributed by atoms with E-state index < -0.39 is 6.09 Å². The van der Waals surface area contributed by atoms with Crippen LogP contribution in [-0.2, 0) is 16.1 Å². The van der Waals surface area contributed by atoms with E-state index in [0.29, 0.717) is 19.4 Å². The summed E-state index contributed by atoms with van der Waals surface area (Å²) in [6, 6.07) is 16.9. The molecule has 0 atom stereocenters. The van der Waals surface area contributed by atoms with Gasteiger partial charge in [0.25, 0.3) is 0 Å². The minimum absolute atomic E-state index is 0.0902. The highest BCUT2D eigenvalue weighted by Gasteiger charge is 2.05. The van der Waals surface area contributed by atoms with Crippen LogP contribution in [0.2, 0.25) is 0 Å². The molecule has 0 aliphatic heterocycles. The van der Waals surface area contributed by atoms with Crippen molar-refractivity contribution in [3.63, 3.8) is 0 Å². The Kier molecular flexibility index (Phi) is 7.29. The molecule has 0 bridgehead atoms. The predicted octanol–water partition coefficient (Wildman–Crippen LogP) is 4.09. The zero-order chi connectivity index (χ0) is 17.2. The van der Waals surface area contributed by atoms with Crippen molar-refractivity contribution in [1.29, 1.82) is 0 Å². The van der Waals surface area contributed by atoms with E-state index in [0.717, 1.165) is 15.7 Å². The quantitative estimate of drug-likeness (QED) is 0.699. The van der Waals surface area contributed by atoms with Crippen LogP contribution in [0.5, 0.6) is 0 Å². The third-order valence-electron chi connectivity index (χ3n) is 3.17. The van der Waals surface area contributed by atoms with Gasteiger partial charge in [-0.15, -0.1) is 0 Å². The van der Waals surface area contributed by atoms with Crippen molar-refractivity contribution in [1.82, 2.24) is 5.32 Å². The fourth-order valence-corrected chi connectivity index (χ4v) is 2.40. The topological polar surface area (TPSA) is 67.4 Å². The zero-order valence-electron chi connectivity index (χ0n) is 13.1. The Balaban J connectivity index is 1.58. The fraction of sp³-hybridized carbons (Fsp3) is 0.222. The summed E-state index contributed by atoms with van der Waals surface area (Å²) in [4.78, 5) is 23.4. The van der Waals surface area contributed by atoms with Crippen molar-refractivity contribution in [3.05, 3.63) is 64.6 Å². The maximum absolute atomic E-state index is 11.8. The first-order valence-corrected chi connectivity index (χ1v) is 8.43. The van der Waals surface area contributed by atoms with Crippen molar-refractivity contribution in [2.24, 2.45) is 0 Å². The van der Waals surface area contributed by atoms with Gasteiger partial charge in [-0.2, -0.15) is 0 Å². The molecule has 2 amide bonds. The molecule has 2 N–H and O–H groups in total. The van der Waals surface area contributed by atoms with Gasteiger partial charge in [-0.1, -0.05) is 52.3 Å². The first-order chi connectivity index (χ1) is 11.6. The number of halogens is 1. The van der Waals surface area contributed by atoms with Gasteiger partial charge in [0.2, 0.25) is 5.91 Å². The Hall–Kier alpha value is -2.34. The van der Waals surface area contributed by atoms with Crippen molar-refractivity contribution < 1.29 is 14.3 Å². The van der Waals surface area contributed by atoms with Crippen LogP contribution in [0.15, 0.2) is 59.1 Å². The minimum atomic E-state index is -0.480. The third kappa shape index (κ3) is 6.83. The molecule has 24 heavy (non-hydrogen) atoms. The highest BCUT2D eigenvalue weighted by atomic mass is 79.9. The molecule has 5 nitrogen and oxygen atoms in total. The summed E-state index contributed by atoms with van der Waals surface area (Å²) in [6.45, 7) is 0.621. The van der Waals surface area contributed by atoms with E-state index >= 15 is 0 Å². The van der Waals surface area contributed by atoms with Gasteiger partial charge >= 0.3 is 6.09 Å². The Bertz CT molecular complexity index is 677. The lowest BCUT2D eigenvalue weighted by atomic mass is 10.2. The summed E-state index contributed by atoms with van der Waals surface area (Å²) in [6.07, 6.45) is 0.386. The number of amides is 2. The molecule has 0 radical (unpaired) electrons. The van der Waals surface area contributed by atoms with Crippen LogP contribution in [-0.4, -0.2) is 18.5 Å². The van der Waals surface area contributed by atoms with Crippen LogP contribution in [0.4, 0.5) is 10.5 Å². The number of rotatable bonds is 7. The molecule has 0 unspecified atom stereocenters. The molecule has 0 aliphatic carbocycles. The number of anilines is 1.